The number of hydrogen-bond acceptors (Lipinski definition) is 4. The summed E-state index contributed by atoms with van der Waals surface area (Å²) < 4.78 is 4.82. The topological polar surface area (TPSA) is 80.0 Å². The number of hydrogen-bond donors (Lipinski definition) is 1. The molecule has 0 saturated carbocycles. The third kappa shape index (κ3) is 2.38. The van der Waals surface area contributed by atoms with E-state index in [0.29, 0.717) is 13.4 Å². The Balaban J connectivity index is 2.45. The molecule has 1 saturated heterocycles. The summed E-state index contributed by atoms with van der Waals surface area (Å²) in [5.74, 6) is 0. The van der Waals surface area contributed by atoms with E-state index in [0.717, 1.165) is 0 Å². The summed E-state index contributed by atoms with van der Waals surface area (Å²) in [5.41, 5.74) is 0. The van der Waals surface area contributed by atoms with Gasteiger partial charge in [0.2, 0.25) is 0 Å². The van der Waals surface area contributed by atoms with Crippen LogP contribution in [0.15, 0.2) is 5.10 Å². The van der Waals surface area contributed by atoms with Crippen molar-refractivity contribution in [2.75, 3.05) is 20.4 Å². The van der Waals surface area contributed by atoms with Gasteiger partial charge in [-0.3, -0.25) is 4.90 Å². The van der Waals surface area contributed by atoms with Crippen molar-refractivity contribution in [1.29, 1.82) is 0 Å². The highest BCUT2D eigenvalue weighted by atomic mass is 16.7. The quantitative estimate of drug-likeness (QED) is 0.393. The Morgan fingerprint density at radius 1 is 1.91 bits per heavy atom. The molecule has 7 heteroatoms. The van der Waals surface area contributed by atoms with E-state index in [-0.39, 0.29) is 6.02 Å². The highest BCUT2D eigenvalue weighted by Crippen LogP contribution is 1.91. The van der Waals surface area contributed by atoms with Crippen molar-refractivity contribution < 1.29 is 9.77 Å². The number of nitrogens with one attached hydrogen (secondary N) is 1. The molecule has 0 aromatic carbocycles. The van der Waals surface area contributed by atoms with Crippen LogP contribution in [0.25, 0.3) is 0 Å². The molecule has 0 spiro atoms. The molecule has 0 radical (unpaired) electrons. The second kappa shape index (κ2) is 3.15. The van der Waals surface area contributed by atoms with Crippen molar-refractivity contribution >= 4 is 6.02 Å². The van der Waals surface area contributed by atoms with Crippen LogP contribution < -0.4 is 5.32 Å². The third-order valence-electron chi connectivity index (χ3n) is 1.09. The molecule has 1 rings (SSSR count). The first-order chi connectivity index (χ1) is 5.18. The highest BCUT2D eigenvalue weighted by Gasteiger charge is 2.13. The van der Waals surface area contributed by atoms with Crippen LogP contribution in [0.3, 0.4) is 0 Å². The van der Waals surface area contributed by atoms with Gasteiger partial charge in [-0.2, -0.15) is 0 Å². The zero-order chi connectivity index (χ0) is 8.27. The first-order valence-electron chi connectivity index (χ1n) is 2.96. The molecule has 1 aliphatic heterocycles. The Morgan fingerprint density at radius 3 is 3.09 bits per heavy atom. The summed E-state index contributed by atoms with van der Waals surface area (Å²) in [6, 6.07) is -0.0342. The first kappa shape index (κ1) is 7.73. The van der Waals surface area contributed by atoms with Crippen LogP contribution >= 0.6 is 0 Å². The normalized spacial score (nSPS) is 22.5. The van der Waals surface area contributed by atoms with E-state index in [9.17, 15) is 10.1 Å². The molecule has 1 fully saturated rings. The van der Waals surface area contributed by atoms with E-state index in [1.165, 1.54) is 0 Å². The van der Waals surface area contributed by atoms with Gasteiger partial charge in [-0.05, 0) is 7.05 Å². The van der Waals surface area contributed by atoms with Gasteiger partial charge in [0.05, 0.1) is 6.67 Å². The number of nitro groups is 1. The molecule has 0 aliphatic carbocycles. The van der Waals surface area contributed by atoms with E-state index in [1.807, 2.05) is 7.05 Å². The maximum absolute atomic E-state index is 9.83. The molecule has 0 bridgehead atoms. The number of amidine groups is 1. The molecule has 0 aromatic rings. The van der Waals surface area contributed by atoms with Crippen molar-refractivity contribution in [1.82, 2.24) is 10.2 Å². The Morgan fingerprint density at radius 2 is 2.64 bits per heavy atom. The van der Waals surface area contributed by atoms with Crippen molar-refractivity contribution in [3.05, 3.63) is 10.1 Å². The van der Waals surface area contributed by atoms with Gasteiger partial charge in [0.15, 0.2) is 5.03 Å². The molecule has 0 amide bonds. The second-order valence-corrected chi connectivity index (χ2v) is 2.11. The molecule has 7 nitrogen and oxygen atoms in total. The second-order valence-electron chi connectivity index (χ2n) is 2.11. The van der Waals surface area contributed by atoms with Crippen LogP contribution in [0, 0.1) is 10.1 Å². The number of nitrogens with zero attached hydrogens (tertiary/aromatic N) is 3. The molecule has 0 unspecified atom stereocenters. The smallest absolute Gasteiger partial charge is 0.361 e. The molecule has 0 atom stereocenters. The maximum Gasteiger partial charge on any atom is 0.361 e. The molecule has 62 valence electrons. The summed E-state index contributed by atoms with van der Waals surface area (Å²) in [6.07, 6.45) is 0. The van der Waals surface area contributed by atoms with E-state index in [4.69, 9.17) is 4.74 Å². The highest BCUT2D eigenvalue weighted by molar-refractivity contribution is 5.73. The van der Waals surface area contributed by atoms with E-state index < -0.39 is 5.03 Å². The van der Waals surface area contributed by atoms with Crippen LogP contribution in [0.1, 0.15) is 0 Å². The Labute approximate surface area is 62.8 Å². The minimum atomic E-state index is -0.798. The van der Waals surface area contributed by atoms with Gasteiger partial charge in [-0.1, -0.05) is 0 Å². The van der Waals surface area contributed by atoms with Crippen molar-refractivity contribution in [2.45, 2.75) is 0 Å². The van der Waals surface area contributed by atoms with Gasteiger partial charge in [0.25, 0.3) is 0 Å². The van der Waals surface area contributed by atoms with Gasteiger partial charge < -0.3 is 10.1 Å². The average molecular weight is 160 g/mol. The number of hydrazone groups is 1. The predicted molar refractivity (Wildman–Crippen MR) is 36.1 cm³/mol. The van der Waals surface area contributed by atoms with Crippen LogP contribution in [0.4, 0.5) is 0 Å². The SMILES string of the molecule is CN1CNC(=N[N+](=O)[O-])OC1. The first-order valence-corrected chi connectivity index (χ1v) is 2.96. The monoisotopic (exact) mass is 160 g/mol. The van der Waals surface area contributed by atoms with Crippen molar-refractivity contribution in [2.24, 2.45) is 5.10 Å². The molecular weight excluding hydrogens is 152 g/mol. The Hall–Kier alpha value is -1.37. The standard InChI is InChI=1S/C4H8N4O3/c1-7-2-5-4(11-3-7)6-8(9)10/h2-3H2,1H3,(H,5,6). The fourth-order valence-corrected chi connectivity index (χ4v) is 0.609. The molecule has 1 N–H and O–H groups in total. The summed E-state index contributed by atoms with van der Waals surface area (Å²) >= 11 is 0. The van der Waals surface area contributed by atoms with Crippen LogP contribution in [0.2, 0.25) is 0 Å². The van der Waals surface area contributed by atoms with E-state index in [1.54, 1.807) is 4.90 Å². The number of ether oxygens (including phenoxy) is 1. The van der Waals surface area contributed by atoms with Gasteiger partial charge >= 0.3 is 6.02 Å². The summed E-state index contributed by atoms with van der Waals surface area (Å²) in [5, 5.41) is 14.6. The third-order valence-corrected chi connectivity index (χ3v) is 1.09. The lowest BCUT2D eigenvalue weighted by Crippen LogP contribution is -2.45. The van der Waals surface area contributed by atoms with Gasteiger partial charge in [-0.25, -0.2) is 10.1 Å². The van der Waals surface area contributed by atoms with Gasteiger partial charge in [0.1, 0.15) is 11.8 Å². The van der Waals surface area contributed by atoms with Gasteiger partial charge in [0, 0.05) is 0 Å². The molecule has 1 heterocycles. The summed E-state index contributed by atoms with van der Waals surface area (Å²) in [6.45, 7) is 0.826. The van der Waals surface area contributed by atoms with Gasteiger partial charge in [-0.15, -0.1) is 0 Å². The lowest BCUT2D eigenvalue weighted by Gasteiger charge is -2.23. The lowest BCUT2D eigenvalue weighted by atomic mass is 10.7. The molecular formula is C4H8N4O3. The fourth-order valence-electron chi connectivity index (χ4n) is 0.609. The molecule has 1 aliphatic rings. The fraction of sp³-hybridized carbons (Fsp3) is 0.750. The molecule has 0 aromatic heterocycles. The predicted octanol–water partition coefficient (Wildman–Crippen LogP) is -0.999. The maximum atomic E-state index is 9.83. The van der Waals surface area contributed by atoms with Crippen molar-refractivity contribution in [3.8, 4) is 0 Å². The zero-order valence-electron chi connectivity index (χ0n) is 5.98. The van der Waals surface area contributed by atoms with Crippen LogP contribution in [-0.2, 0) is 4.74 Å². The average Bonchev–Trinajstić information content (AvgIpc) is 1.93. The van der Waals surface area contributed by atoms with E-state index >= 15 is 0 Å². The number of rotatable bonds is 1. The Kier molecular flexibility index (Phi) is 2.21. The zero-order valence-corrected chi connectivity index (χ0v) is 5.98. The lowest BCUT2D eigenvalue weighted by molar-refractivity contribution is -0.486. The summed E-state index contributed by atoms with van der Waals surface area (Å²) in [4.78, 5) is 11.6. The minimum absolute atomic E-state index is 0.0342. The molecule has 11 heavy (non-hydrogen) atoms. The van der Waals surface area contributed by atoms with Crippen LogP contribution in [-0.4, -0.2) is 36.4 Å². The van der Waals surface area contributed by atoms with E-state index in [2.05, 4.69) is 10.4 Å². The Bertz CT molecular complexity index is 182. The van der Waals surface area contributed by atoms with Crippen molar-refractivity contribution in [3.63, 3.8) is 0 Å². The largest absolute Gasteiger partial charge is 0.445 e. The van der Waals surface area contributed by atoms with Crippen LogP contribution in [0.5, 0.6) is 0 Å². The minimum Gasteiger partial charge on any atom is -0.445 e. The summed E-state index contributed by atoms with van der Waals surface area (Å²) in [7, 11) is 1.82.